The van der Waals surface area contributed by atoms with Gasteiger partial charge in [-0.3, -0.25) is 9.69 Å². The van der Waals surface area contributed by atoms with Gasteiger partial charge in [-0.2, -0.15) is 0 Å². The third-order valence-electron chi connectivity index (χ3n) is 6.78. The van der Waals surface area contributed by atoms with E-state index in [-0.39, 0.29) is 24.8 Å². The molecule has 4 heterocycles. The summed E-state index contributed by atoms with van der Waals surface area (Å²) < 4.78 is 11.2. The first-order valence-electron chi connectivity index (χ1n) is 10.9. The van der Waals surface area contributed by atoms with Gasteiger partial charge < -0.3 is 19.4 Å². The number of nitrogens with zero attached hydrogens (tertiary/aromatic N) is 2. The summed E-state index contributed by atoms with van der Waals surface area (Å²) in [6, 6.07) is 23.2. The second kappa shape index (κ2) is 6.83. The number of carbonyl (C=O) groups excluding carboxylic acids is 1. The van der Waals surface area contributed by atoms with E-state index in [1.165, 1.54) is 5.56 Å². The number of benzene rings is 3. The summed E-state index contributed by atoms with van der Waals surface area (Å²) in [4.78, 5) is 21.1. The first-order valence-corrected chi connectivity index (χ1v) is 11.3. The maximum Gasteiger partial charge on any atom is 0.256 e. The number of hydrogen-bond acceptors (Lipinski definition) is 4. The molecule has 7 rings (SSSR count). The molecule has 0 unspecified atom stereocenters. The molecule has 4 aromatic rings. The number of rotatable bonds is 2. The minimum absolute atomic E-state index is 0.00729. The molecule has 33 heavy (non-hydrogen) atoms. The van der Waals surface area contributed by atoms with Crippen LogP contribution in [0.2, 0.25) is 0 Å². The molecule has 0 aliphatic carbocycles. The normalized spacial score (nSPS) is 21.0. The summed E-state index contributed by atoms with van der Waals surface area (Å²) in [6.07, 6.45) is 0.600. The number of ether oxygens (including phenoxy) is 2. The number of carbonyl (C=O) groups is 1. The molecule has 7 heteroatoms. The molecule has 0 spiro atoms. The first kappa shape index (κ1) is 18.7. The topological polar surface area (TPSA) is 57.8 Å². The summed E-state index contributed by atoms with van der Waals surface area (Å²) in [5.41, 5.74) is 5.09. The van der Waals surface area contributed by atoms with Crippen molar-refractivity contribution in [2.75, 3.05) is 11.7 Å². The number of nitrogens with one attached hydrogen (secondary N) is 1. The average Bonchev–Trinajstić information content (AvgIpc) is 3.53. The largest absolute Gasteiger partial charge is 0.454 e. The third kappa shape index (κ3) is 2.60. The fourth-order valence-electron chi connectivity index (χ4n) is 5.32. The third-order valence-corrected chi connectivity index (χ3v) is 7.17. The van der Waals surface area contributed by atoms with E-state index in [4.69, 9.17) is 21.7 Å². The number of aromatic amines is 1. The van der Waals surface area contributed by atoms with Gasteiger partial charge in [0.2, 0.25) is 6.79 Å². The van der Waals surface area contributed by atoms with Crippen LogP contribution in [0.15, 0.2) is 72.8 Å². The van der Waals surface area contributed by atoms with E-state index in [1.807, 2.05) is 60.7 Å². The predicted molar refractivity (Wildman–Crippen MR) is 129 cm³/mol. The monoisotopic (exact) mass is 453 g/mol. The lowest BCUT2D eigenvalue weighted by atomic mass is 9.89. The van der Waals surface area contributed by atoms with E-state index in [0.717, 1.165) is 33.6 Å². The molecule has 6 nitrogen and oxygen atoms in total. The zero-order chi connectivity index (χ0) is 22.1. The van der Waals surface area contributed by atoms with Gasteiger partial charge in [0.05, 0.1) is 11.7 Å². The summed E-state index contributed by atoms with van der Waals surface area (Å²) in [7, 11) is 0. The Morgan fingerprint density at radius 2 is 1.73 bits per heavy atom. The molecule has 3 aromatic carbocycles. The zero-order valence-corrected chi connectivity index (χ0v) is 18.3. The Balaban J connectivity index is 1.43. The molecule has 1 N–H and O–H groups in total. The van der Waals surface area contributed by atoms with Crippen LogP contribution in [0.3, 0.4) is 0 Å². The number of aromatic nitrogens is 1. The zero-order valence-electron chi connectivity index (χ0n) is 17.5. The van der Waals surface area contributed by atoms with Crippen molar-refractivity contribution in [1.29, 1.82) is 0 Å². The molecule has 1 amide bonds. The second-order valence-electron chi connectivity index (χ2n) is 8.50. The molecule has 2 atom stereocenters. The lowest BCUT2D eigenvalue weighted by Crippen LogP contribution is -2.44. The molecule has 1 fully saturated rings. The SMILES string of the molecule is O=C1[C@H]2Cc3c([nH]c4ccccc34)[C@@H](c3ccc4c(c3)OCO4)N2C(=S)N1c1ccccc1. The van der Waals surface area contributed by atoms with Crippen molar-refractivity contribution >= 4 is 39.8 Å². The van der Waals surface area contributed by atoms with Gasteiger partial charge in [-0.15, -0.1) is 0 Å². The van der Waals surface area contributed by atoms with Gasteiger partial charge in [0, 0.05) is 23.0 Å². The minimum Gasteiger partial charge on any atom is -0.454 e. The Morgan fingerprint density at radius 1 is 0.939 bits per heavy atom. The molecular weight excluding hydrogens is 434 g/mol. The van der Waals surface area contributed by atoms with Crippen LogP contribution in [0, 0.1) is 0 Å². The molecule has 1 aromatic heterocycles. The standard InChI is InChI=1S/C26H19N3O3S/c30-25-20-13-18-17-8-4-5-9-19(17)27-23(18)24(15-10-11-21-22(12-15)32-14-31-21)29(20)26(33)28(25)16-6-2-1-3-7-16/h1-12,20,24,27H,13-14H2/t20-,24-/m1/s1. The van der Waals surface area contributed by atoms with E-state index in [2.05, 4.69) is 22.0 Å². The maximum atomic E-state index is 13.7. The Hall–Kier alpha value is -3.84. The van der Waals surface area contributed by atoms with Crippen LogP contribution in [0.1, 0.15) is 22.9 Å². The molecule has 162 valence electrons. The van der Waals surface area contributed by atoms with Gasteiger partial charge in [-0.1, -0.05) is 42.5 Å². The van der Waals surface area contributed by atoms with Gasteiger partial charge in [-0.25, -0.2) is 0 Å². The highest BCUT2D eigenvalue weighted by molar-refractivity contribution is 7.80. The van der Waals surface area contributed by atoms with Crippen LogP contribution in [0.25, 0.3) is 10.9 Å². The Morgan fingerprint density at radius 3 is 2.61 bits per heavy atom. The summed E-state index contributed by atoms with van der Waals surface area (Å²) in [6.45, 7) is 0.214. The molecule has 1 saturated heterocycles. The Bertz CT molecular complexity index is 1450. The Labute approximate surface area is 195 Å². The molecule has 0 radical (unpaired) electrons. The van der Waals surface area contributed by atoms with E-state index < -0.39 is 0 Å². The first-order chi connectivity index (χ1) is 16.2. The quantitative estimate of drug-likeness (QED) is 0.452. The van der Waals surface area contributed by atoms with Crippen LogP contribution < -0.4 is 14.4 Å². The molecule has 3 aliphatic heterocycles. The fraction of sp³-hybridized carbons (Fsp3) is 0.154. The van der Waals surface area contributed by atoms with Gasteiger partial charge in [0.1, 0.15) is 6.04 Å². The maximum absolute atomic E-state index is 13.7. The fourth-order valence-corrected chi connectivity index (χ4v) is 5.75. The van der Waals surface area contributed by atoms with Crippen LogP contribution in [-0.4, -0.2) is 33.7 Å². The van der Waals surface area contributed by atoms with E-state index in [1.54, 1.807) is 4.90 Å². The Kier molecular flexibility index (Phi) is 3.87. The second-order valence-corrected chi connectivity index (χ2v) is 8.86. The number of amides is 1. The van der Waals surface area contributed by atoms with Gasteiger partial charge in [0.25, 0.3) is 5.91 Å². The molecule has 0 saturated carbocycles. The van der Waals surface area contributed by atoms with E-state index >= 15 is 0 Å². The molecule has 3 aliphatic rings. The van der Waals surface area contributed by atoms with E-state index in [9.17, 15) is 4.79 Å². The van der Waals surface area contributed by atoms with Gasteiger partial charge in [-0.05, 0) is 53.7 Å². The minimum atomic E-state index is -0.375. The highest BCUT2D eigenvalue weighted by Gasteiger charge is 2.51. The van der Waals surface area contributed by atoms with Gasteiger partial charge in [0.15, 0.2) is 16.6 Å². The van der Waals surface area contributed by atoms with Crippen LogP contribution >= 0.6 is 12.2 Å². The summed E-state index contributed by atoms with van der Waals surface area (Å²) in [5, 5.41) is 1.66. The average molecular weight is 454 g/mol. The van der Waals surface area contributed by atoms with E-state index in [0.29, 0.717) is 17.3 Å². The number of fused-ring (bicyclic) bond motifs is 5. The van der Waals surface area contributed by atoms with Crippen molar-refractivity contribution in [3.05, 3.63) is 89.6 Å². The number of para-hydroxylation sites is 2. The van der Waals surface area contributed by atoms with Crippen LogP contribution in [0.4, 0.5) is 5.69 Å². The highest BCUT2D eigenvalue weighted by atomic mass is 32.1. The predicted octanol–water partition coefficient (Wildman–Crippen LogP) is 4.54. The van der Waals surface area contributed by atoms with Gasteiger partial charge >= 0.3 is 0 Å². The highest BCUT2D eigenvalue weighted by Crippen LogP contribution is 2.46. The van der Waals surface area contributed by atoms with Crippen molar-refractivity contribution in [3.63, 3.8) is 0 Å². The number of H-pyrrole nitrogens is 1. The van der Waals surface area contributed by atoms with Crippen LogP contribution in [-0.2, 0) is 11.2 Å². The lowest BCUT2D eigenvalue weighted by molar-refractivity contribution is -0.120. The van der Waals surface area contributed by atoms with Crippen molar-refractivity contribution in [1.82, 2.24) is 9.88 Å². The van der Waals surface area contributed by atoms with Crippen molar-refractivity contribution in [2.45, 2.75) is 18.5 Å². The summed E-state index contributed by atoms with van der Waals surface area (Å²) >= 11 is 5.94. The number of hydrogen-bond donors (Lipinski definition) is 1. The smallest absolute Gasteiger partial charge is 0.256 e. The summed E-state index contributed by atoms with van der Waals surface area (Å²) in [5.74, 6) is 1.45. The molecular formula is C26H19N3O3S. The van der Waals surface area contributed by atoms with Crippen molar-refractivity contribution < 1.29 is 14.3 Å². The van der Waals surface area contributed by atoms with Crippen molar-refractivity contribution in [2.24, 2.45) is 0 Å². The molecule has 0 bridgehead atoms. The van der Waals surface area contributed by atoms with Crippen LogP contribution in [0.5, 0.6) is 11.5 Å². The number of anilines is 1. The lowest BCUT2D eigenvalue weighted by Gasteiger charge is -2.37. The number of thiocarbonyl (C=S) groups is 1. The van der Waals surface area contributed by atoms with Crippen molar-refractivity contribution in [3.8, 4) is 11.5 Å².